The molecule has 4 nitrogen and oxygen atoms in total. The number of aryl methyl sites for hydroxylation is 1. The summed E-state index contributed by atoms with van der Waals surface area (Å²) in [7, 11) is 0. The van der Waals surface area contributed by atoms with E-state index in [2.05, 4.69) is 53.9 Å². The topological polar surface area (TPSA) is 42.7 Å². The molecule has 0 amide bonds. The molecule has 104 valence electrons. The Kier molecular flexibility index (Phi) is 4.71. The molecule has 0 aliphatic heterocycles. The zero-order valence-corrected chi connectivity index (χ0v) is 12.9. The number of nitrogens with one attached hydrogen (secondary N) is 1. The lowest BCUT2D eigenvalue weighted by Crippen LogP contribution is -2.25. The summed E-state index contributed by atoms with van der Waals surface area (Å²) >= 11 is 1.76. The largest absolute Gasteiger partial charge is 0.310 e. The molecule has 0 aliphatic rings. The van der Waals surface area contributed by atoms with Gasteiger partial charge in [-0.2, -0.15) is 16.4 Å². The van der Waals surface area contributed by atoms with E-state index in [0.717, 1.165) is 18.8 Å². The summed E-state index contributed by atoms with van der Waals surface area (Å²) in [6.07, 6.45) is 2.53. The maximum Gasteiger partial charge on any atom is 0.138 e. The minimum Gasteiger partial charge on any atom is -0.310 e. The number of rotatable bonds is 6. The molecule has 2 heterocycles. The Balaban J connectivity index is 2.22. The monoisotopic (exact) mass is 278 g/mol. The van der Waals surface area contributed by atoms with E-state index in [1.165, 1.54) is 11.1 Å². The van der Waals surface area contributed by atoms with Gasteiger partial charge in [0, 0.05) is 18.5 Å². The molecule has 0 fully saturated rings. The van der Waals surface area contributed by atoms with Crippen molar-refractivity contribution in [3.05, 3.63) is 34.0 Å². The van der Waals surface area contributed by atoms with Gasteiger partial charge in [-0.3, -0.25) is 0 Å². The Hall–Kier alpha value is -1.20. The summed E-state index contributed by atoms with van der Waals surface area (Å²) in [6, 6.07) is 0.668. The molecule has 1 atom stereocenters. The van der Waals surface area contributed by atoms with Gasteiger partial charge in [-0.1, -0.05) is 6.92 Å². The van der Waals surface area contributed by atoms with E-state index in [0.29, 0.717) is 12.1 Å². The quantitative estimate of drug-likeness (QED) is 0.883. The van der Waals surface area contributed by atoms with Gasteiger partial charge in [-0.15, -0.1) is 0 Å². The fraction of sp³-hybridized carbons (Fsp3) is 0.571. The third-order valence-electron chi connectivity index (χ3n) is 3.24. The standard InChI is InChI=1S/C14H22N4S/c1-5-15-13(12-8-19-7-11(12)4)6-14-16-9-17-18(14)10(2)3/h7-10,13,15H,5-6H2,1-4H3. The molecule has 19 heavy (non-hydrogen) atoms. The molecule has 0 bridgehead atoms. The maximum atomic E-state index is 4.41. The molecular weight excluding hydrogens is 256 g/mol. The summed E-state index contributed by atoms with van der Waals surface area (Å²) in [5.74, 6) is 1.05. The van der Waals surface area contributed by atoms with E-state index in [1.807, 2.05) is 4.68 Å². The first-order valence-electron chi connectivity index (χ1n) is 6.78. The van der Waals surface area contributed by atoms with Crippen LogP contribution in [0.2, 0.25) is 0 Å². The summed E-state index contributed by atoms with van der Waals surface area (Å²) in [5, 5.41) is 12.3. The average Bonchev–Trinajstić information content (AvgIpc) is 2.97. The molecule has 0 saturated heterocycles. The van der Waals surface area contributed by atoms with E-state index in [4.69, 9.17) is 0 Å². The molecule has 2 aromatic rings. The van der Waals surface area contributed by atoms with Crippen molar-refractivity contribution >= 4 is 11.3 Å². The number of hydrogen-bond acceptors (Lipinski definition) is 4. The van der Waals surface area contributed by atoms with Crippen molar-refractivity contribution in [1.82, 2.24) is 20.1 Å². The normalized spacial score (nSPS) is 13.1. The molecule has 2 rings (SSSR count). The predicted molar refractivity (Wildman–Crippen MR) is 79.6 cm³/mol. The Morgan fingerprint density at radius 1 is 1.37 bits per heavy atom. The Morgan fingerprint density at radius 2 is 2.16 bits per heavy atom. The van der Waals surface area contributed by atoms with Gasteiger partial charge in [-0.25, -0.2) is 9.67 Å². The van der Waals surface area contributed by atoms with Crippen molar-refractivity contribution in [3.63, 3.8) is 0 Å². The minimum atomic E-state index is 0.318. The lowest BCUT2D eigenvalue weighted by molar-refractivity contribution is 0.468. The average molecular weight is 278 g/mol. The Morgan fingerprint density at radius 3 is 2.74 bits per heavy atom. The van der Waals surface area contributed by atoms with Crippen LogP contribution in [0, 0.1) is 6.92 Å². The highest BCUT2D eigenvalue weighted by Gasteiger charge is 2.18. The third-order valence-corrected chi connectivity index (χ3v) is 4.12. The number of thiophene rings is 1. The molecule has 0 aliphatic carbocycles. The van der Waals surface area contributed by atoms with E-state index < -0.39 is 0 Å². The van der Waals surface area contributed by atoms with Crippen molar-refractivity contribution < 1.29 is 0 Å². The fourth-order valence-electron chi connectivity index (χ4n) is 2.30. The molecule has 5 heteroatoms. The molecule has 0 spiro atoms. The van der Waals surface area contributed by atoms with Crippen LogP contribution in [0.4, 0.5) is 0 Å². The van der Waals surface area contributed by atoms with Crippen LogP contribution in [-0.2, 0) is 6.42 Å². The molecule has 2 aromatic heterocycles. The zero-order valence-electron chi connectivity index (χ0n) is 12.1. The number of nitrogens with zero attached hydrogens (tertiary/aromatic N) is 3. The molecule has 1 N–H and O–H groups in total. The maximum absolute atomic E-state index is 4.41. The van der Waals surface area contributed by atoms with Gasteiger partial charge < -0.3 is 5.32 Å². The van der Waals surface area contributed by atoms with Crippen molar-refractivity contribution in [2.24, 2.45) is 0 Å². The lowest BCUT2D eigenvalue weighted by Gasteiger charge is -2.19. The van der Waals surface area contributed by atoms with Crippen molar-refractivity contribution in [3.8, 4) is 0 Å². The van der Waals surface area contributed by atoms with E-state index >= 15 is 0 Å². The second kappa shape index (κ2) is 6.30. The van der Waals surface area contributed by atoms with Gasteiger partial charge in [-0.05, 0) is 49.2 Å². The first-order valence-corrected chi connectivity index (χ1v) is 7.72. The van der Waals surface area contributed by atoms with Gasteiger partial charge in [0.1, 0.15) is 12.2 Å². The van der Waals surface area contributed by atoms with Crippen LogP contribution >= 0.6 is 11.3 Å². The SMILES string of the molecule is CCNC(Cc1ncnn1C(C)C)c1cscc1C. The summed E-state index contributed by atoms with van der Waals surface area (Å²) in [6.45, 7) is 9.54. The second-order valence-electron chi connectivity index (χ2n) is 5.04. The van der Waals surface area contributed by atoms with Gasteiger partial charge >= 0.3 is 0 Å². The first-order chi connectivity index (χ1) is 9.13. The van der Waals surface area contributed by atoms with Gasteiger partial charge in [0.25, 0.3) is 0 Å². The van der Waals surface area contributed by atoms with E-state index in [-0.39, 0.29) is 0 Å². The van der Waals surface area contributed by atoms with Crippen molar-refractivity contribution in [2.45, 2.75) is 46.2 Å². The molecule has 0 radical (unpaired) electrons. The first kappa shape index (κ1) is 14.2. The number of hydrogen-bond donors (Lipinski definition) is 1. The zero-order chi connectivity index (χ0) is 13.8. The molecular formula is C14H22N4S. The van der Waals surface area contributed by atoms with Gasteiger partial charge in [0.2, 0.25) is 0 Å². The van der Waals surface area contributed by atoms with Crippen LogP contribution < -0.4 is 5.32 Å². The summed E-state index contributed by atoms with van der Waals surface area (Å²) in [4.78, 5) is 4.41. The van der Waals surface area contributed by atoms with Gasteiger partial charge in [0.05, 0.1) is 0 Å². The fourth-order valence-corrected chi connectivity index (χ4v) is 3.20. The minimum absolute atomic E-state index is 0.318. The highest BCUT2D eigenvalue weighted by Crippen LogP contribution is 2.24. The Bertz CT molecular complexity index is 515. The Labute approximate surface area is 118 Å². The van der Waals surface area contributed by atoms with Crippen molar-refractivity contribution in [2.75, 3.05) is 6.54 Å². The van der Waals surface area contributed by atoms with Crippen molar-refractivity contribution in [1.29, 1.82) is 0 Å². The predicted octanol–water partition coefficient (Wildman–Crippen LogP) is 3.12. The van der Waals surface area contributed by atoms with Crippen LogP contribution in [0.5, 0.6) is 0 Å². The second-order valence-corrected chi connectivity index (χ2v) is 5.78. The van der Waals surface area contributed by atoms with Crippen LogP contribution in [0.3, 0.4) is 0 Å². The van der Waals surface area contributed by atoms with Crippen LogP contribution in [0.25, 0.3) is 0 Å². The van der Waals surface area contributed by atoms with Crippen LogP contribution in [0.1, 0.15) is 49.8 Å². The third kappa shape index (κ3) is 3.22. The van der Waals surface area contributed by atoms with Crippen LogP contribution in [0.15, 0.2) is 17.1 Å². The number of aromatic nitrogens is 3. The lowest BCUT2D eigenvalue weighted by atomic mass is 10.0. The summed E-state index contributed by atoms with van der Waals surface area (Å²) < 4.78 is 2.01. The molecule has 0 saturated carbocycles. The highest BCUT2D eigenvalue weighted by atomic mass is 32.1. The highest BCUT2D eigenvalue weighted by molar-refractivity contribution is 7.08. The molecule has 1 unspecified atom stereocenters. The molecule has 0 aromatic carbocycles. The van der Waals surface area contributed by atoms with Gasteiger partial charge in [0.15, 0.2) is 0 Å². The smallest absolute Gasteiger partial charge is 0.138 e. The van der Waals surface area contributed by atoms with E-state index in [9.17, 15) is 0 Å². The van der Waals surface area contributed by atoms with Crippen LogP contribution in [-0.4, -0.2) is 21.3 Å². The van der Waals surface area contributed by atoms with E-state index in [1.54, 1.807) is 17.7 Å². The summed E-state index contributed by atoms with van der Waals surface area (Å²) in [5.41, 5.74) is 2.73. The number of likely N-dealkylation sites (N-methyl/N-ethyl adjacent to an activating group) is 1.